The van der Waals surface area contributed by atoms with E-state index in [0.717, 1.165) is 25.5 Å². The fraction of sp³-hybridized carbons (Fsp3) is 0.647. The van der Waals surface area contributed by atoms with Crippen LogP contribution in [0.15, 0.2) is 24.3 Å². The zero-order chi connectivity index (χ0) is 14.2. The third-order valence-corrected chi connectivity index (χ3v) is 4.09. The van der Waals surface area contributed by atoms with Crippen molar-refractivity contribution in [1.82, 2.24) is 4.90 Å². The second-order valence-electron chi connectivity index (χ2n) is 5.37. The van der Waals surface area contributed by atoms with Crippen LogP contribution in [0.4, 0.5) is 0 Å². The van der Waals surface area contributed by atoms with Gasteiger partial charge in [0.1, 0.15) is 5.75 Å². The molecule has 1 aromatic carbocycles. The molecule has 2 rings (SSSR count). The zero-order valence-corrected chi connectivity index (χ0v) is 12.8. The van der Waals surface area contributed by atoms with Crippen LogP contribution in [-0.2, 0) is 4.74 Å². The van der Waals surface area contributed by atoms with Gasteiger partial charge in [0, 0.05) is 19.2 Å². The summed E-state index contributed by atoms with van der Waals surface area (Å²) in [4.78, 5) is 2.59. The first-order chi connectivity index (χ1) is 9.85. The van der Waals surface area contributed by atoms with Crippen LogP contribution < -0.4 is 4.74 Å². The maximum Gasteiger partial charge on any atom is 0.118 e. The molecule has 3 heteroatoms. The Labute approximate surface area is 122 Å². The third-order valence-electron chi connectivity index (χ3n) is 4.09. The summed E-state index contributed by atoms with van der Waals surface area (Å²) in [6.07, 6.45) is 5.22. The minimum atomic E-state index is 0.531. The zero-order valence-electron chi connectivity index (χ0n) is 12.8. The van der Waals surface area contributed by atoms with E-state index in [2.05, 4.69) is 36.1 Å². The number of hydrogen-bond donors (Lipinski definition) is 0. The summed E-state index contributed by atoms with van der Waals surface area (Å²) in [5.74, 6) is 0.934. The van der Waals surface area contributed by atoms with Crippen LogP contribution in [-0.4, -0.2) is 38.3 Å². The number of benzene rings is 1. The molecular weight excluding hydrogens is 250 g/mol. The summed E-state index contributed by atoms with van der Waals surface area (Å²) in [6, 6.07) is 9.09. The van der Waals surface area contributed by atoms with Gasteiger partial charge >= 0.3 is 0 Å². The Balaban J connectivity index is 2.05. The summed E-state index contributed by atoms with van der Waals surface area (Å²) in [7, 11) is 1.72. The summed E-state index contributed by atoms with van der Waals surface area (Å²) in [5.41, 5.74) is 1.41. The van der Waals surface area contributed by atoms with Crippen molar-refractivity contribution in [2.24, 2.45) is 0 Å². The normalized spacial score (nSPS) is 20.6. The summed E-state index contributed by atoms with van der Waals surface area (Å²) < 4.78 is 10.8. The van der Waals surface area contributed by atoms with Crippen molar-refractivity contribution in [3.05, 3.63) is 29.8 Å². The minimum absolute atomic E-state index is 0.531. The number of ether oxygens (including phenoxy) is 2. The lowest BCUT2D eigenvalue weighted by molar-refractivity contribution is 0.0948. The van der Waals surface area contributed by atoms with Gasteiger partial charge in [-0.25, -0.2) is 0 Å². The van der Waals surface area contributed by atoms with Gasteiger partial charge in [0.05, 0.1) is 13.7 Å². The highest BCUT2D eigenvalue weighted by molar-refractivity contribution is 5.29. The molecule has 112 valence electrons. The average Bonchev–Trinajstić information content (AvgIpc) is 2.73. The van der Waals surface area contributed by atoms with Crippen molar-refractivity contribution in [2.45, 2.75) is 38.6 Å². The van der Waals surface area contributed by atoms with Crippen molar-refractivity contribution in [2.75, 3.05) is 33.4 Å². The number of hydrogen-bond acceptors (Lipinski definition) is 3. The highest BCUT2D eigenvalue weighted by Gasteiger charge is 2.22. The van der Waals surface area contributed by atoms with Gasteiger partial charge in [0.15, 0.2) is 0 Å². The molecule has 3 nitrogen and oxygen atoms in total. The first kappa shape index (κ1) is 15.3. The van der Waals surface area contributed by atoms with E-state index in [1.165, 1.54) is 37.8 Å². The molecule has 1 heterocycles. The largest absolute Gasteiger partial charge is 0.497 e. The summed E-state index contributed by atoms with van der Waals surface area (Å²) >= 11 is 0. The molecule has 1 aliphatic heterocycles. The Morgan fingerprint density at radius 1 is 1.15 bits per heavy atom. The van der Waals surface area contributed by atoms with Gasteiger partial charge in [-0.3, -0.25) is 4.90 Å². The molecule has 1 unspecified atom stereocenters. The van der Waals surface area contributed by atoms with E-state index in [1.807, 2.05) is 0 Å². The maximum absolute atomic E-state index is 5.54. The Morgan fingerprint density at radius 3 is 2.65 bits per heavy atom. The predicted molar refractivity (Wildman–Crippen MR) is 82.3 cm³/mol. The molecule has 1 saturated heterocycles. The maximum atomic E-state index is 5.54. The molecule has 0 N–H and O–H groups in total. The highest BCUT2D eigenvalue weighted by atomic mass is 16.5. The number of methoxy groups -OCH3 is 1. The molecule has 0 radical (unpaired) electrons. The Bertz CT molecular complexity index is 377. The van der Waals surface area contributed by atoms with Crippen molar-refractivity contribution < 1.29 is 9.47 Å². The molecule has 1 fully saturated rings. The quantitative estimate of drug-likeness (QED) is 0.741. The van der Waals surface area contributed by atoms with Gasteiger partial charge < -0.3 is 9.47 Å². The van der Waals surface area contributed by atoms with Gasteiger partial charge in [0.25, 0.3) is 0 Å². The van der Waals surface area contributed by atoms with Crippen LogP contribution >= 0.6 is 0 Å². The van der Waals surface area contributed by atoms with Crippen LogP contribution in [0.3, 0.4) is 0 Å². The molecule has 0 bridgehead atoms. The fourth-order valence-electron chi connectivity index (χ4n) is 2.97. The molecule has 1 atom stereocenters. The lowest BCUT2D eigenvalue weighted by Crippen LogP contribution is -2.31. The second-order valence-corrected chi connectivity index (χ2v) is 5.37. The Morgan fingerprint density at radius 2 is 1.95 bits per heavy atom. The highest BCUT2D eigenvalue weighted by Crippen LogP contribution is 2.30. The van der Waals surface area contributed by atoms with Gasteiger partial charge in [0.2, 0.25) is 0 Å². The van der Waals surface area contributed by atoms with E-state index in [9.17, 15) is 0 Å². The van der Waals surface area contributed by atoms with E-state index >= 15 is 0 Å². The molecule has 0 saturated carbocycles. The van der Waals surface area contributed by atoms with Crippen LogP contribution in [0.5, 0.6) is 5.75 Å². The minimum Gasteiger partial charge on any atom is -0.497 e. The molecule has 20 heavy (non-hydrogen) atoms. The van der Waals surface area contributed by atoms with Gasteiger partial charge in [-0.1, -0.05) is 25.0 Å². The van der Waals surface area contributed by atoms with E-state index in [0.29, 0.717) is 6.04 Å². The molecule has 1 aliphatic rings. The first-order valence-corrected chi connectivity index (χ1v) is 7.81. The molecule has 0 aromatic heterocycles. The standard InChI is InChI=1S/C17H27NO2/c1-3-20-14-13-18-12-6-4-5-7-17(18)15-8-10-16(19-2)11-9-15/h8-11,17H,3-7,12-14H2,1-2H3. The third kappa shape index (κ3) is 4.22. The lowest BCUT2D eigenvalue weighted by Gasteiger charge is -2.30. The molecule has 0 aliphatic carbocycles. The number of likely N-dealkylation sites (tertiary alicyclic amines) is 1. The van der Waals surface area contributed by atoms with Crippen molar-refractivity contribution in [3.63, 3.8) is 0 Å². The number of rotatable bonds is 6. The first-order valence-electron chi connectivity index (χ1n) is 7.81. The fourth-order valence-corrected chi connectivity index (χ4v) is 2.97. The van der Waals surface area contributed by atoms with Gasteiger partial charge in [-0.2, -0.15) is 0 Å². The van der Waals surface area contributed by atoms with E-state index in [1.54, 1.807) is 7.11 Å². The SMILES string of the molecule is CCOCCN1CCCCCC1c1ccc(OC)cc1. The monoisotopic (exact) mass is 277 g/mol. The van der Waals surface area contributed by atoms with E-state index in [-0.39, 0.29) is 0 Å². The van der Waals surface area contributed by atoms with E-state index in [4.69, 9.17) is 9.47 Å². The average molecular weight is 277 g/mol. The van der Waals surface area contributed by atoms with Gasteiger partial charge in [-0.05, 0) is 44.0 Å². The second kappa shape index (κ2) is 8.28. The molecule has 1 aromatic rings. The molecular formula is C17H27NO2. The predicted octanol–water partition coefficient (Wildman–Crippen LogP) is 3.65. The smallest absolute Gasteiger partial charge is 0.118 e. The summed E-state index contributed by atoms with van der Waals surface area (Å²) in [5, 5.41) is 0. The lowest BCUT2D eigenvalue weighted by atomic mass is 10.0. The van der Waals surface area contributed by atoms with Crippen LogP contribution in [0.25, 0.3) is 0 Å². The van der Waals surface area contributed by atoms with Crippen molar-refractivity contribution in [3.8, 4) is 5.75 Å². The summed E-state index contributed by atoms with van der Waals surface area (Å²) in [6.45, 7) is 5.92. The van der Waals surface area contributed by atoms with Crippen molar-refractivity contribution in [1.29, 1.82) is 0 Å². The molecule has 0 amide bonds. The van der Waals surface area contributed by atoms with E-state index < -0.39 is 0 Å². The Kier molecular flexibility index (Phi) is 6.34. The molecule has 0 spiro atoms. The van der Waals surface area contributed by atoms with Crippen LogP contribution in [0, 0.1) is 0 Å². The van der Waals surface area contributed by atoms with Gasteiger partial charge in [-0.15, -0.1) is 0 Å². The Hall–Kier alpha value is -1.06. The topological polar surface area (TPSA) is 21.7 Å². The van der Waals surface area contributed by atoms with Crippen molar-refractivity contribution >= 4 is 0 Å². The van der Waals surface area contributed by atoms with Crippen LogP contribution in [0.2, 0.25) is 0 Å². The van der Waals surface area contributed by atoms with Crippen LogP contribution in [0.1, 0.15) is 44.2 Å². The number of nitrogens with zero attached hydrogens (tertiary/aromatic N) is 1.